The lowest BCUT2D eigenvalue weighted by Gasteiger charge is -2.29. The van der Waals surface area contributed by atoms with Crippen molar-refractivity contribution in [3.63, 3.8) is 0 Å². The third-order valence-electron chi connectivity index (χ3n) is 5.47. The van der Waals surface area contributed by atoms with Gasteiger partial charge >= 0.3 is 0 Å². The van der Waals surface area contributed by atoms with E-state index in [-0.39, 0.29) is 17.9 Å². The average molecular weight is 369 g/mol. The lowest BCUT2D eigenvalue weighted by atomic mass is 9.85. The Morgan fingerprint density at radius 3 is 2.38 bits per heavy atom. The summed E-state index contributed by atoms with van der Waals surface area (Å²) in [6.45, 7) is 2.87. The number of rotatable bonds is 14. The largest absolute Gasteiger partial charge is 0.393 e. The predicted octanol–water partition coefficient (Wildman–Crippen LogP) is 4.26. The van der Waals surface area contributed by atoms with Crippen LogP contribution in [-0.2, 0) is 9.47 Å². The smallest absolute Gasteiger partial charge is 0.0632 e. The minimum Gasteiger partial charge on any atom is -0.393 e. The van der Waals surface area contributed by atoms with Gasteiger partial charge in [-0.1, -0.05) is 37.1 Å². The number of unbranched alkanes of at least 4 members (excludes halogenated alkanes) is 5. The molecule has 0 radical (unpaired) electrons. The molecule has 1 rings (SSSR count). The zero-order valence-electron chi connectivity index (χ0n) is 17.0. The highest BCUT2D eigenvalue weighted by atomic mass is 16.5. The molecule has 1 saturated carbocycles. The molecule has 4 nitrogen and oxygen atoms in total. The molecule has 0 aromatic carbocycles. The van der Waals surface area contributed by atoms with Gasteiger partial charge in [0.15, 0.2) is 0 Å². The van der Waals surface area contributed by atoms with Gasteiger partial charge in [0.1, 0.15) is 0 Å². The maximum absolute atomic E-state index is 10.5. The Labute approximate surface area is 160 Å². The van der Waals surface area contributed by atoms with E-state index in [4.69, 9.17) is 9.47 Å². The maximum atomic E-state index is 10.5. The molecule has 0 aromatic rings. The van der Waals surface area contributed by atoms with Crippen LogP contribution in [0.4, 0.5) is 0 Å². The third-order valence-corrected chi connectivity index (χ3v) is 5.47. The Morgan fingerprint density at radius 1 is 0.962 bits per heavy atom. The van der Waals surface area contributed by atoms with E-state index in [0.29, 0.717) is 6.42 Å². The highest BCUT2D eigenvalue weighted by molar-refractivity contribution is 5.04. The zero-order valence-corrected chi connectivity index (χ0v) is 17.0. The second kappa shape index (κ2) is 14.4. The van der Waals surface area contributed by atoms with Crippen molar-refractivity contribution in [1.82, 2.24) is 0 Å². The number of aliphatic hydroxyl groups excluding tert-OH is 2. The summed E-state index contributed by atoms with van der Waals surface area (Å²) in [5.74, 6) is -0.0243. The van der Waals surface area contributed by atoms with Gasteiger partial charge in [-0.2, -0.15) is 0 Å². The SMILES string of the molecule is C/C=C\CCCC(OC)C1[C@@H](/C=C/CCCCCCOC)[C@H](O)C[C@@H]1O. The van der Waals surface area contributed by atoms with Crippen molar-refractivity contribution in [3.8, 4) is 0 Å². The van der Waals surface area contributed by atoms with Gasteiger partial charge in [-0.25, -0.2) is 0 Å². The lowest BCUT2D eigenvalue weighted by Crippen LogP contribution is -2.34. The van der Waals surface area contributed by atoms with Gasteiger partial charge in [-0.15, -0.1) is 0 Å². The average Bonchev–Trinajstić information content (AvgIpc) is 2.91. The van der Waals surface area contributed by atoms with Crippen molar-refractivity contribution in [2.24, 2.45) is 11.8 Å². The summed E-state index contributed by atoms with van der Waals surface area (Å²) in [7, 11) is 3.47. The second-order valence-electron chi connectivity index (χ2n) is 7.42. The van der Waals surface area contributed by atoms with Crippen LogP contribution in [0, 0.1) is 11.8 Å². The molecule has 5 atom stereocenters. The predicted molar refractivity (Wildman–Crippen MR) is 107 cm³/mol. The Morgan fingerprint density at radius 2 is 1.69 bits per heavy atom. The van der Waals surface area contributed by atoms with Crippen molar-refractivity contribution < 1.29 is 19.7 Å². The normalized spacial score (nSPS) is 27.7. The molecule has 1 aliphatic rings. The first-order valence-corrected chi connectivity index (χ1v) is 10.3. The van der Waals surface area contributed by atoms with E-state index in [2.05, 4.69) is 24.3 Å². The summed E-state index contributed by atoms with van der Waals surface area (Å²) >= 11 is 0. The number of aliphatic hydroxyl groups is 2. The molecule has 4 heteroatoms. The first-order valence-electron chi connectivity index (χ1n) is 10.3. The fraction of sp³-hybridized carbons (Fsp3) is 0.818. The molecule has 0 aromatic heterocycles. The molecule has 152 valence electrons. The van der Waals surface area contributed by atoms with Crippen molar-refractivity contribution in [2.75, 3.05) is 20.8 Å². The van der Waals surface area contributed by atoms with Gasteiger partial charge in [0.05, 0.1) is 18.3 Å². The van der Waals surface area contributed by atoms with E-state index in [9.17, 15) is 10.2 Å². The van der Waals surface area contributed by atoms with Gasteiger partial charge in [0.25, 0.3) is 0 Å². The van der Waals surface area contributed by atoms with Crippen molar-refractivity contribution in [1.29, 1.82) is 0 Å². The van der Waals surface area contributed by atoms with Crippen LogP contribution < -0.4 is 0 Å². The van der Waals surface area contributed by atoms with Crippen molar-refractivity contribution in [2.45, 2.75) is 83.0 Å². The minimum atomic E-state index is -0.486. The molecule has 1 aliphatic carbocycles. The third kappa shape index (κ3) is 8.34. The molecule has 0 aliphatic heterocycles. The number of hydrogen-bond acceptors (Lipinski definition) is 4. The van der Waals surface area contributed by atoms with E-state index in [1.165, 1.54) is 12.8 Å². The molecular formula is C22H40O4. The van der Waals surface area contributed by atoms with Gasteiger partial charge in [0.2, 0.25) is 0 Å². The van der Waals surface area contributed by atoms with Gasteiger partial charge < -0.3 is 19.7 Å². The van der Waals surface area contributed by atoms with Crippen molar-refractivity contribution >= 4 is 0 Å². The van der Waals surface area contributed by atoms with Crippen LogP contribution in [0.25, 0.3) is 0 Å². The zero-order chi connectivity index (χ0) is 19.2. The lowest BCUT2D eigenvalue weighted by molar-refractivity contribution is -0.0165. The summed E-state index contributed by atoms with van der Waals surface area (Å²) < 4.78 is 10.8. The maximum Gasteiger partial charge on any atom is 0.0632 e. The molecule has 0 bridgehead atoms. The van der Waals surface area contributed by atoms with Crippen LogP contribution in [0.5, 0.6) is 0 Å². The number of hydrogen-bond donors (Lipinski definition) is 2. The van der Waals surface area contributed by atoms with Gasteiger partial charge in [0, 0.05) is 39.1 Å². The first-order chi connectivity index (χ1) is 12.7. The van der Waals surface area contributed by atoms with Crippen LogP contribution in [0.15, 0.2) is 24.3 Å². The highest BCUT2D eigenvalue weighted by Gasteiger charge is 2.44. The Bertz CT molecular complexity index is 394. The highest BCUT2D eigenvalue weighted by Crippen LogP contribution is 2.38. The van der Waals surface area contributed by atoms with Crippen LogP contribution in [-0.4, -0.2) is 49.4 Å². The Balaban J connectivity index is 2.47. The molecular weight excluding hydrogens is 328 g/mol. The van der Waals surface area contributed by atoms with Crippen molar-refractivity contribution in [3.05, 3.63) is 24.3 Å². The summed E-state index contributed by atoms with van der Waals surface area (Å²) in [5.41, 5.74) is 0. The van der Waals surface area contributed by atoms with Gasteiger partial charge in [-0.3, -0.25) is 0 Å². The Kier molecular flexibility index (Phi) is 12.9. The molecule has 26 heavy (non-hydrogen) atoms. The number of methoxy groups -OCH3 is 2. The molecule has 2 unspecified atom stereocenters. The molecule has 0 heterocycles. The summed E-state index contributed by atoms with van der Waals surface area (Å²) in [4.78, 5) is 0. The van der Waals surface area contributed by atoms with Crippen LogP contribution in [0.3, 0.4) is 0 Å². The van der Waals surface area contributed by atoms with E-state index < -0.39 is 12.2 Å². The van der Waals surface area contributed by atoms with E-state index >= 15 is 0 Å². The fourth-order valence-electron chi connectivity index (χ4n) is 4.01. The second-order valence-corrected chi connectivity index (χ2v) is 7.42. The number of allylic oxidation sites excluding steroid dienone is 3. The molecule has 0 spiro atoms. The summed E-state index contributed by atoms with van der Waals surface area (Å²) in [5, 5.41) is 20.8. The fourth-order valence-corrected chi connectivity index (χ4v) is 4.01. The summed E-state index contributed by atoms with van der Waals surface area (Å²) in [6, 6.07) is 0. The molecule has 0 amide bonds. The standard InChI is InChI=1S/C22H40O4/c1-4-5-6-12-15-21(26-3)22-18(19(23)17-20(22)24)14-11-9-7-8-10-13-16-25-2/h4-5,11,14,18-24H,6-10,12-13,15-17H2,1-3H3/b5-4-,14-11+/t18-,19+,20-,21?,22?/m0/s1. The van der Waals surface area contributed by atoms with Crippen LogP contribution in [0.2, 0.25) is 0 Å². The van der Waals surface area contributed by atoms with Crippen LogP contribution >= 0.6 is 0 Å². The summed E-state index contributed by atoms with van der Waals surface area (Å²) in [6.07, 6.45) is 16.7. The molecule has 1 fully saturated rings. The van der Waals surface area contributed by atoms with E-state index in [1.807, 2.05) is 6.92 Å². The topological polar surface area (TPSA) is 58.9 Å². The van der Waals surface area contributed by atoms with Gasteiger partial charge in [-0.05, 0) is 45.4 Å². The molecule has 2 N–H and O–H groups in total. The Hall–Kier alpha value is -0.680. The first kappa shape index (κ1) is 23.4. The quantitative estimate of drug-likeness (QED) is 0.355. The monoisotopic (exact) mass is 368 g/mol. The van der Waals surface area contributed by atoms with Crippen LogP contribution in [0.1, 0.15) is 64.7 Å². The van der Waals surface area contributed by atoms with E-state index in [1.54, 1.807) is 14.2 Å². The molecule has 0 saturated heterocycles. The number of ether oxygens (including phenoxy) is 2. The minimum absolute atomic E-state index is 0.00361. The van der Waals surface area contributed by atoms with E-state index in [0.717, 1.165) is 45.1 Å².